The zero-order chi connectivity index (χ0) is 42.6. The normalized spacial score (nSPS) is 23.5. The number of aromatic nitrogens is 3. The smallest absolute Gasteiger partial charge is 0.235 e. The van der Waals surface area contributed by atoms with Crippen molar-refractivity contribution in [3.63, 3.8) is 0 Å². The first-order chi connectivity index (χ1) is 30.6. The Balaban J connectivity index is 1.12. The number of nitrogens with zero attached hydrogens (tertiary/aromatic N) is 4. The lowest BCUT2D eigenvalue weighted by Gasteiger charge is -2.54. The Morgan fingerprint density at radius 2 is 1.17 bits per heavy atom. The SMILES string of the molecule is CC1C=CC2(C)C3=C1C(C)C=C1N4C(=C(c5ccccc52)C13C)C(C)(C)c1cc2c(cc14)c1cc(-c3ccccc3)ccc1n2-c1nc(-c2ccccc2)cc(-c2ccccc2)n1. The van der Waals surface area contributed by atoms with Crippen LogP contribution in [0, 0.1) is 17.3 Å². The minimum Gasteiger partial charge on any atom is -0.315 e. The highest BCUT2D eigenvalue weighted by molar-refractivity contribution is 6.13. The molecule has 6 aromatic carbocycles. The first-order valence-corrected chi connectivity index (χ1v) is 22.6. The molecule has 0 saturated carbocycles. The molecule has 13 rings (SSSR count). The standard InChI is InChI=1S/C59H48N4/c1-35-28-29-58(5)44-25-17-16-24-41(44)53-55-57(3,4)45-33-49-43(32-50(45)63(55)51-30-36(2)52(35)54(58)59(51,53)6)42-31-40(37-18-10-7-11-19-37)26-27-48(42)62(49)56-60-46(38-20-12-8-13-21-38)34-47(61-56)39-22-14-9-15-23-39/h7-36H,1-6H3. The van der Waals surface area contributed by atoms with Gasteiger partial charge in [-0.3, -0.25) is 4.57 Å². The van der Waals surface area contributed by atoms with Gasteiger partial charge >= 0.3 is 0 Å². The van der Waals surface area contributed by atoms with Crippen molar-refractivity contribution in [2.75, 3.05) is 4.90 Å². The summed E-state index contributed by atoms with van der Waals surface area (Å²) in [6.45, 7) is 14.8. The summed E-state index contributed by atoms with van der Waals surface area (Å²) in [6, 6.07) is 55.1. The Morgan fingerprint density at radius 3 is 1.86 bits per heavy atom. The van der Waals surface area contributed by atoms with Crippen LogP contribution in [0.4, 0.5) is 5.69 Å². The van der Waals surface area contributed by atoms with Gasteiger partial charge in [-0.25, -0.2) is 9.97 Å². The molecule has 2 aliphatic heterocycles. The van der Waals surface area contributed by atoms with E-state index in [-0.39, 0.29) is 16.2 Å². The monoisotopic (exact) mass is 812 g/mol. The fourth-order valence-electron chi connectivity index (χ4n) is 12.7. The second-order valence-corrected chi connectivity index (χ2v) is 19.4. The fraction of sp³-hybridized carbons (Fsp3) is 0.186. The number of allylic oxidation sites excluding steroid dienone is 6. The van der Waals surface area contributed by atoms with Crippen molar-refractivity contribution in [2.24, 2.45) is 17.3 Å². The Kier molecular flexibility index (Phi) is 7.29. The maximum atomic E-state index is 5.43. The third-order valence-corrected chi connectivity index (χ3v) is 15.4. The Bertz CT molecular complexity index is 3360. The van der Waals surface area contributed by atoms with Gasteiger partial charge in [0.25, 0.3) is 0 Å². The molecule has 8 aromatic rings. The lowest BCUT2D eigenvalue weighted by atomic mass is 9.49. The first-order valence-electron chi connectivity index (χ1n) is 22.6. The Hall–Kier alpha value is -7.04. The highest BCUT2D eigenvalue weighted by Crippen LogP contribution is 2.73. The number of anilines is 1. The van der Waals surface area contributed by atoms with Crippen LogP contribution in [0.5, 0.6) is 0 Å². The van der Waals surface area contributed by atoms with Gasteiger partial charge in [0.1, 0.15) is 0 Å². The maximum Gasteiger partial charge on any atom is 0.235 e. The average molecular weight is 813 g/mol. The van der Waals surface area contributed by atoms with Crippen molar-refractivity contribution in [1.82, 2.24) is 14.5 Å². The van der Waals surface area contributed by atoms with E-state index in [0.29, 0.717) is 17.8 Å². The number of hydrogen-bond acceptors (Lipinski definition) is 3. The molecule has 63 heavy (non-hydrogen) atoms. The Morgan fingerprint density at radius 1 is 0.556 bits per heavy atom. The molecule has 4 heteroatoms. The first kappa shape index (κ1) is 36.6. The highest BCUT2D eigenvalue weighted by Gasteiger charge is 2.64. The highest BCUT2D eigenvalue weighted by atomic mass is 15.2. The molecule has 4 unspecified atom stereocenters. The quantitative estimate of drug-likeness (QED) is 0.166. The summed E-state index contributed by atoms with van der Waals surface area (Å²) in [4.78, 5) is 13.6. The second-order valence-electron chi connectivity index (χ2n) is 19.4. The van der Waals surface area contributed by atoms with E-state index in [2.05, 4.69) is 221 Å². The predicted octanol–water partition coefficient (Wildman–Crippen LogP) is 14.4. The van der Waals surface area contributed by atoms with Gasteiger partial charge < -0.3 is 4.90 Å². The van der Waals surface area contributed by atoms with Gasteiger partial charge in [-0.05, 0) is 95.0 Å². The summed E-state index contributed by atoms with van der Waals surface area (Å²) >= 11 is 0. The van der Waals surface area contributed by atoms with E-state index < -0.39 is 0 Å². The summed E-state index contributed by atoms with van der Waals surface area (Å²) in [7, 11) is 0. The largest absolute Gasteiger partial charge is 0.315 e. The molecule has 0 fully saturated rings. The minimum absolute atomic E-state index is 0.185. The zero-order valence-electron chi connectivity index (χ0n) is 36.6. The molecule has 304 valence electrons. The summed E-state index contributed by atoms with van der Waals surface area (Å²) in [6.07, 6.45) is 7.62. The molecule has 0 amide bonds. The molecule has 0 radical (unpaired) electrons. The van der Waals surface area contributed by atoms with E-state index in [9.17, 15) is 0 Å². The van der Waals surface area contributed by atoms with E-state index in [4.69, 9.17) is 9.97 Å². The van der Waals surface area contributed by atoms with E-state index >= 15 is 0 Å². The molecule has 4 nitrogen and oxygen atoms in total. The van der Waals surface area contributed by atoms with Gasteiger partial charge in [-0.15, -0.1) is 0 Å². The molecular weight excluding hydrogens is 765 g/mol. The van der Waals surface area contributed by atoms with Gasteiger partial charge in [0.05, 0.1) is 33.5 Å². The molecule has 0 saturated heterocycles. The molecule has 0 N–H and O–H groups in total. The summed E-state index contributed by atoms with van der Waals surface area (Å²) in [5.41, 5.74) is 20.6. The summed E-state index contributed by atoms with van der Waals surface area (Å²) in [5.74, 6) is 1.36. The maximum absolute atomic E-state index is 5.43. The zero-order valence-corrected chi connectivity index (χ0v) is 36.6. The van der Waals surface area contributed by atoms with Crippen LogP contribution in [0.1, 0.15) is 58.2 Å². The van der Waals surface area contributed by atoms with Gasteiger partial charge in [0, 0.05) is 44.1 Å². The van der Waals surface area contributed by atoms with Crippen molar-refractivity contribution >= 4 is 33.1 Å². The van der Waals surface area contributed by atoms with Crippen LogP contribution < -0.4 is 4.90 Å². The molecule has 0 spiro atoms. The predicted molar refractivity (Wildman–Crippen MR) is 260 cm³/mol. The van der Waals surface area contributed by atoms with Crippen molar-refractivity contribution in [1.29, 1.82) is 0 Å². The molecular formula is C59H48N4. The summed E-state index contributed by atoms with van der Waals surface area (Å²) in [5, 5.41) is 2.38. The van der Waals surface area contributed by atoms with Crippen LogP contribution >= 0.6 is 0 Å². The van der Waals surface area contributed by atoms with E-state index in [1.54, 1.807) is 11.1 Å². The van der Waals surface area contributed by atoms with Crippen LogP contribution in [-0.2, 0) is 10.8 Å². The minimum atomic E-state index is -0.320. The van der Waals surface area contributed by atoms with Gasteiger partial charge in [0.15, 0.2) is 0 Å². The van der Waals surface area contributed by atoms with Crippen LogP contribution in [-0.4, -0.2) is 14.5 Å². The van der Waals surface area contributed by atoms with E-state index in [1.165, 1.54) is 61.2 Å². The molecule has 3 aliphatic carbocycles. The van der Waals surface area contributed by atoms with Crippen molar-refractivity contribution in [3.8, 4) is 39.6 Å². The van der Waals surface area contributed by atoms with Crippen LogP contribution in [0.25, 0.3) is 67.0 Å². The molecule has 2 aromatic heterocycles. The van der Waals surface area contributed by atoms with E-state index in [0.717, 1.165) is 33.5 Å². The van der Waals surface area contributed by atoms with Crippen molar-refractivity contribution in [2.45, 2.75) is 52.4 Å². The van der Waals surface area contributed by atoms with Crippen molar-refractivity contribution in [3.05, 3.63) is 209 Å². The molecule has 4 heterocycles. The van der Waals surface area contributed by atoms with Gasteiger partial charge in [-0.2, -0.15) is 0 Å². The van der Waals surface area contributed by atoms with Gasteiger partial charge in [0.2, 0.25) is 5.95 Å². The van der Waals surface area contributed by atoms with Gasteiger partial charge in [-0.1, -0.05) is 173 Å². The van der Waals surface area contributed by atoms with E-state index in [1.807, 2.05) is 0 Å². The third kappa shape index (κ3) is 4.71. The molecule has 0 bridgehead atoms. The fourth-order valence-corrected chi connectivity index (χ4v) is 12.7. The van der Waals surface area contributed by atoms with Crippen molar-refractivity contribution < 1.29 is 0 Å². The summed E-state index contributed by atoms with van der Waals surface area (Å²) < 4.78 is 2.33. The number of hydrogen-bond donors (Lipinski definition) is 0. The lowest BCUT2D eigenvalue weighted by Crippen LogP contribution is -2.46. The van der Waals surface area contributed by atoms with Crippen LogP contribution in [0.15, 0.2) is 192 Å². The average Bonchev–Trinajstić information content (AvgIpc) is 3.87. The number of benzene rings is 6. The third-order valence-electron chi connectivity index (χ3n) is 15.4. The number of fused-ring (bicyclic) bond motifs is 10. The molecule has 5 aliphatic rings. The molecule has 4 atom stereocenters. The lowest BCUT2D eigenvalue weighted by molar-refractivity contribution is 0.446. The Labute approximate surface area is 369 Å². The topological polar surface area (TPSA) is 34.0 Å². The van der Waals surface area contributed by atoms with Crippen LogP contribution in [0.2, 0.25) is 0 Å². The van der Waals surface area contributed by atoms with Crippen LogP contribution in [0.3, 0.4) is 0 Å². The second kappa shape index (κ2) is 12.5. The number of rotatable bonds is 4.